The second kappa shape index (κ2) is 6.05. The Balaban J connectivity index is 4.14. The zero-order chi connectivity index (χ0) is 10.3. The largest absolute Gasteiger partial charge is 0.867 e. The van der Waals surface area contributed by atoms with Crippen LogP contribution in [0.1, 0.15) is 13.8 Å². The topological polar surface area (TPSA) is 75.7 Å². The molecule has 0 aliphatic rings. The minimum Gasteiger partial charge on any atom is -0.867 e. The number of esters is 2. The van der Waals surface area contributed by atoms with Gasteiger partial charge in [0.1, 0.15) is 0 Å². The molecule has 0 bridgehead atoms. The summed E-state index contributed by atoms with van der Waals surface area (Å²) in [6.45, 7) is 3.42. The van der Waals surface area contributed by atoms with E-state index in [9.17, 15) is 14.7 Å². The van der Waals surface area contributed by atoms with Crippen molar-refractivity contribution in [3.05, 3.63) is 11.8 Å². The molecule has 0 fully saturated rings. The standard InChI is InChI=1S/C8H12O5/c1-3-12-7(10)5-6(9)8(11)13-4-2/h5,9H,3-4H2,1-2H3/p-1/b6-5-. The van der Waals surface area contributed by atoms with Crippen LogP contribution < -0.4 is 5.11 Å². The summed E-state index contributed by atoms with van der Waals surface area (Å²) in [7, 11) is 0. The molecule has 0 aromatic carbocycles. The Morgan fingerprint density at radius 3 is 2.23 bits per heavy atom. The average molecular weight is 187 g/mol. The molecule has 0 aliphatic heterocycles. The fourth-order valence-electron chi connectivity index (χ4n) is 0.552. The van der Waals surface area contributed by atoms with E-state index in [2.05, 4.69) is 9.47 Å². The molecule has 0 unspecified atom stereocenters. The summed E-state index contributed by atoms with van der Waals surface area (Å²) in [4.78, 5) is 21.3. The monoisotopic (exact) mass is 187 g/mol. The van der Waals surface area contributed by atoms with E-state index in [0.29, 0.717) is 6.08 Å². The summed E-state index contributed by atoms with van der Waals surface area (Å²) >= 11 is 0. The Hall–Kier alpha value is -1.52. The van der Waals surface area contributed by atoms with Gasteiger partial charge in [-0.05, 0) is 19.6 Å². The molecule has 5 nitrogen and oxygen atoms in total. The molecule has 0 aromatic rings. The number of hydrogen-bond donors (Lipinski definition) is 0. The molecule has 0 heterocycles. The van der Waals surface area contributed by atoms with Crippen molar-refractivity contribution in [3.63, 3.8) is 0 Å². The van der Waals surface area contributed by atoms with Crippen LogP contribution in [0, 0.1) is 0 Å². The maximum atomic E-state index is 10.8. The lowest BCUT2D eigenvalue weighted by Gasteiger charge is -2.09. The Bertz CT molecular complexity index is 219. The van der Waals surface area contributed by atoms with E-state index < -0.39 is 17.7 Å². The van der Waals surface area contributed by atoms with E-state index in [1.165, 1.54) is 0 Å². The van der Waals surface area contributed by atoms with E-state index in [0.717, 1.165) is 0 Å². The smallest absolute Gasteiger partial charge is 0.330 e. The lowest BCUT2D eigenvalue weighted by Crippen LogP contribution is -2.20. The Morgan fingerprint density at radius 1 is 1.23 bits per heavy atom. The molecule has 0 amide bonds. The van der Waals surface area contributed by atoms with Crippen molar-refractivity contribution in [1.29, 1.82) is 0 Å². The van der Waals surface area contributed by atoms with Crippen LogP contribution in [0.4, 0.5) is 0 Å². The summed E-state index contributed by atoms with van der Waals surface area (Å²) in [5.74, 6) is -2.88. The Kier molecular flexibility index (Phi) is 5.34. The van der Waals surface area contributed by atoms with Gasteiger partial charge in [-0.3, -0.25) is 0 Å². The second-order valence-corrected chi connectivity index (χ2v) is 1.98. The maximum Gasteiger partial charge on any atom is 0.330 e. The highest BCUT2D eigenvalue weighted by Gasteiger charge is 2.02. The highest BCUT2D eigenvalue weighted by Crippen LogP contribution is 1.90. The highest BCUT2D eigenvalue weighted by atomic mass is 16.5. The van der Waals surface area contributed by atoms with E-state index in [1.807, 2.05) is 0 Å². The zero-order valence-corrected chi connectivity index (χ0v) is 7.53. The van der Waals surface area contributed by atoms with Crippen LogP contribution in [0.2, 0.25) is 0 Å². The van der Waals surface area contributed by atoms with Gasteiger partial charge in [0, 0.05) is 6.08 Å². The molecule has 0 saturated heterocycles. The molecule has 0 radical (unpaired) electrons. The van der Waals surface area contributed by atoms with Gasteiger partial charge in [0.2, 0.25) is 0 Å². The summed E-state index contributed by atoms with van der Waals surface area (Å²) in [6, 6.07) is 0. The lowest BCUT2D eigenvalue weighted by atomic mass is 10.4. The van der Waals surface area contributed by atoms with E-state index in [1.54, 1.807) is 13.8 Å². The van der Waals surface area contributed by atoms with Crippen molar-refractivity contribution in [3.8, 4) is 0 Å². The van der Waals surface area contributed by atoms with Crippen molar-refractivity contribution < 1.29 is 24.2 Å². The van der Waals surface area contributed by atoms with Crippen molar-refractivity contribution in [2.24, 2.45) is 0 Å². The third-order valence-corrected chi connectivity index (χ3v) is 1.01. The SMILES string of the molecule is CCOC(=O)/C=C(\[O-])C(=O)OCC. The maximum absolute atomic E-state index is 10.8. The Morgan fingerprint density at radius 2 is 1.77 bits per heavy atom. The van der Waals surface area contributed by atoms with Crippen molar-refractivity contribution >= 4 is 11.9 Å². The van der Waals surface area contributed by atoms with Crippen molar-refractivity contribution in [1.82, 2.24) is 0 Å². The molecule has 5 heteroatoms. The molecule has 0 aromatic heterocycles. The minimum atomic E-state index is -1.05. The molecule has 0 spiro atoms. The van der Waals surface area contributed by atoms with Gasteiger partial charge in [-0.2, -0.15) is 0 Å². The molecule has 0 aliphatic carbocycles. The third-order valence-electron chi connectivity index (χ3n) is 1.01. The van der Waals surface area contributed by atoms with Gasteiger partial charge in [0.25, 0.3) is 0 Å². The predicted molar refractivity (Wildman–Crippen MR) is 41.3 cm³/mol. The number of rotatable bonds is 4. The van der Waals surface area contributed by atoms with Gasteiger partial charge in [-0.1, -0.05) is 0 Å². The fourth-order valence-corrected chi connectivity index (χ4v) is 0.552. The number of ether oxygens (including phenoxy) is 2. The summed E-state index contributed by atoms with van der Waals surface area (Å²) in [5, 5.41) is 10.8. The van der Waals surface area contributed by atoms with Crippen molar-refractivity contribution in [2.75, 3.05) is 13.2 Å². The number of carbonyl (C=O) groups is 2. The average Bonchev–Trinajstić information content (AvgIpc) is 2.05. The van der Waals surface area contributed by atoms with Gasteiger partial charge in [-0.15, -0.1) is 0 Å². The van der Waals surface area contributed by atoms with Gasteiger partial charge >= 0.3 is 11.9 Å². The molecule has 0 saturated carbocycles. The fraction of sp³-hybridized carbons (Fsp3) is 0.500. The van der Waals surface area contributed by atoms with Crippen molar-refractivity contribution in [2.45, 2.75) is 13.8 Å². The normalized spacial score (nSPS) is 10.8. The van der Waals surface area contributed by atoms with Crippen LogP contribution in [0.5, 0.6) is 0 Å². The second-order valence-electron chi connectivity index (χ2n) is 1.98. The first-order chi connectivity index (χ1) is 6.11. The van der Waals surface area contributed by atoms with Crippen LogP contribution in [-0.2, 0) is 19.1 Å². The minimum absolute atomic E-state index is 0.0985. The summed E-state index contributed by atoms with van der Waals surface area (Å²) in [5.41, 5.74) is 0. The highest BCUT2D eigenvalue weighted by molar-refractivity contribution is 5.93. The number of carbonyl (C=O) groups excluding carboxylic acids is 2. The van der Waals surface area contributed by atoms with E-state index >= 15 is 0 Å². The molecule has 0 atom stereocenters. The molecule has 0 N–H and O–H groups in total. The predicted octanol–water partition coefficient (Wildman–Crippen LogP) is -0.643. The van der Waals surface area contributed by atoms with Crippen LogP contribution in [0.3, 0.4) is 0 Å². The van der Waals surface area contributed by atoms with Crippen LogP contribution in [0.25, 0.3) is 0 Å². The van der Waals surface area contributed by atoms with Gasteiger partial charge < -0.3 is 14.6 Å². The molecule has 74 valence electrons. The quantitative estimate of drug-likeness (QED) is 0.332. The van der Waals surface area contributed by atoms with E-state index in [4.69, 9.17) is 0 Å². The Labute approximate surface area is 75.9 Å². The van der Waals surface area contributed by atoms with E-state index in [-0.39, 0.29) is 13.2 Å². The molecular weight excluding hydrogens is 176 g/mol. The molecular formula is C8H11O5-. The summed E-state index contributed by atoms with van der Waals surface area (Å²) < 4.78 is 8.77. The molecule has 13 heavy (non-hydrogen) atoms. The molecule has 0 rings (SSSR count). The van der Waals surface area contributed by atoms with Crippen LogP contribution >= 0.6 is 0 Å². The third kappa shape index (κ3) is 4.84. The van der Waals surface area contributed by atoms with Gasteiger partial charge in [0.15, 0.2) is 0 Å². The van der Waals surface area contributed by atoms with Crippen LogP contribution in [-0.4, -0.2) is 25.2 Å². The number of hydrogen-bond acceptors (Lipinski definition) is 5. The zero-order valence-electron chi connectivity index (χ0n) is 7.53. The first-order valence-electron chi connectivity index (χ1n) is 3.84. The van der Waals surface area contributed by atoms with Crippen LogP contribution in [0.15, 0.2) is 11.8 Å². The van der Waals surface area contributed by atoms with Gasteiger partial charge in [0.05, 0.1) is 13.2 Å². The van der Waals surface area contributed by atoms with Gasteiger partial charge in [-0.25, -0.2) is 9.59 Å². The first-order valence-corrected chi connectivity index (χ1v) is 3.84. The first kappa shape index (κ1) is 11.5. The summed E-state index contributed by atoms with van der Waals surface area (Å²) in [6.07, 6.45) is 0.571. The lowest BCUT2D eigenvalue weighted by molar-refractivity contribution is -0.303.